The van der Waals surface area contributed by atoms with Gasteiger partial charge in [-0.25, -0.2) is 9.97 Å². The van der Waals surface area contributed by atoms with Crippen LogP contribution in [0.1, 0.15) is 42.9 Å². The quantitative estimate of drug-likeness (QED) is 0.379. The van der Waals surface area contributed by atoms with Crippen molar-refractivity contribution in [3.05, 3.63) is 66.1 Å². The maximum absolute atomic E-state index is 12.8. The predicted octanol–water partition coefficient (Wildman–Crippen LogP) is 3.03. The number of hydrogen-bond acceptors (Lipinski definition) is 7. The fraction of sp³-hybridized carbons (Fsp3) is 0.423. The Morgan fingerprint density at radius 1 is 1.26 bits per heavy atom. The summed E-state index contributed by atoms with van der Waals surface area (Å²) in [5.41, 5.74) is 2.31. The van der Waals surface area contributed by atoms with Crippen molar-refractivity contribution in [1.29, 1.82) is 0 Å². The molecular weight excluding hydrogens is 428 g/mol. The molecule has 182 valence electrons. The number of carbonyl (C=O) groups is 1. The number of nitrogens with zero attached hydrogens (tertiary/aromatic N) is 3. The van der Waals surface area contributed by atoms with Crippen molar-refractivity contribution in [2.75, 3.05) is 44.6 Å². The summed E-state index contributed by atoms with van der Waals surface area (Å²) < 4.78 is 0. The first kappa shape index (κ1) is 25.4. The highest BCUT2D eigenvalue weighted by Gasteiger charge is 2.18. The van der Waals surface area contributed by atoms with Gasteiger partial charge in [-0.15, -0.1) is 0 Å². The van der Waals surface area contributed by atoms with Crippen molar-refractivity contribution in [3.8, 4) is 5.75 Å². The third-order valence-corrected chi connectivity index (χ3v) is 5.88. The first-order chi connectivity index (χ1) is 16.5. The van der Waals surface area contributed by atoms with Crippen LogP contribution < -0.4 is 16.0 Å². The van der Waals surface area contributed by atoms with Crippen LogP contribution in [0.5, 0.6) is 5.75 Å². The minimum atomic E-state index is -0.268. The van der Waals surface area contributed by atoms with Gasteiger partial charge in [-0.2, -0.15) is 0 Å². The lowest BCUT2D eigenvalue weighted by Gasteiger charge is -2.27. The minimum Gasteiger partial charge on any atom is -0.503 e. The van der Waals surface area contributed by atoms with Crippen LogP contribution in [0.4, 0.5) is 5.82 Å². The molecule has 0 bridgehead atoms. The number of nitrogens with one attached hydrogen (secondary N) is 3. The number of benzene rings is 1. The van der Waals surface area contributed by atoms with E-state index in [4.69, 9.17) is 0 Å². The summed E-state index contributed by atoms with van der Waals surface area (Å²) in [5.74, 6) is 0.878. The van der Waals surface area contributed by atoms with Gasteiger partial charge in [0.05, 0.1) is 11.7 Å². The van der Waals surface area contributed by atoms with Gasteiger partial charge in [0, 0.05) is 39.1 Å². The number of aryl methyl sites for hydroxylation is 1. The molecule has 0 radical (unpaired) electrons. The number of aromatic hydroxyl groups is 1. The lowest BCUT2D eigenvalue weighted by molar-refractivity contribution is -0.121. The van der Waals surface area contributed by atoms with Gasteiger partial charge in [0.15, 0.2) is 17.4 Å². The third kappa shape index (κ3) is 7.40. The molecule has 8 heteroatoms. The lowest BCUT2D eigenvalue weighted by Crippen LogP contribution is -2.44. The van der Waals surface area contributed by atoms with Crippen LogP contribution in [0.15, 0.2) is 49.1 Å². The molecular formula is C26H36N6O2. The van der Waals surface area contributed by atoms with Crippen molar-refractivity contribution >= 4 is 17.3 Å². The second-order valence-electron chi connectivity index (χ2n) is 8.52. The van der Waals surface area contributed by atoms with E-state index in [-0.39, 0.29) is 17.7 Å². The fourth-order valence-electron chi connectivity index (χ4n) is 3.92. The summed E-state index contributed by atoms with van der Waals surface area (Å²) in [6, 6.07) is 9.56. The predicted molar refractivity (Wildman–Crippen MR) is 137 cm³/mol. The number of piperazine rings is 1. The molecule has 8 nitrogen and oxygen atoms in total. The molecule has 1 fully saturated rings. The third-order valence-electron chi connectivity index (χ3n) is 5.88. The average molecular weight is 465 g/mol. The van der Waals surface area contributed by atoms with E-state index in [1.807, 2.05) is 43.3 Å². The number of aromatic nitrogens is 2. The Balaban J connectivity index is 1.65. The summed E-state index contributed by atoms with van der Waals surface area (Å²) in [6.07, 6.45) is 4.80. The highest BCUT2D eigenvalue weighted by Crippen LogP contribution is 2.26. The van der Waals surface area contributed by atoms with Crippen molar-refractivity contribution in [3.63, 3.8) is 0 Å². The molecule has 0 aliphatic carbocycles. The Kier molecular flexibility index (Phi) is 9.61. The molecule has 2 aromatic rings. The maximum Gasteiger partial charge on any atom is 0.220 e. The summed E-state index contributed by atoms with van der Waals surface area (Å²) in [7, 11) is 0. The molecule has 1 aromatic heterocycles. The van der Waals surface area contributed by atoms with Crippen molar-refractivity contribution in [1.82, 2.24) is 25.5 Å². The van der Waals surface area contributed by atoms with Gasteiger partial charge in [0.1, 0.15) is 0 Å². The highest BCUT2D eigenvalue weighted by molar-refractivity contribution is 5.76. The van der Waals surface area contributed by atoms with E-state index >= 15 is 0 Å². The van der Waals surface area contributed by atoms with Crippen LogP contribution in [-0.4, -0.2) is 65.2 Å². The van der Waals surface area contributed by atoms with E-state index in [0.717, 1.165) is 50.3 Å². The van der Waals surface area contributed by atoms with Crippen LogP contribution >= 0.6 is 0 Å². The van der Waals surface area contributed by atoms with Gasteiger partial charge in [-0.3, -0.25) is 4.79 Å². The minimum absolute atomic E-state index is 0.00399. The number of hydrogen-bond donors (Lipinski definition) is 4. The topological polar surface area (TPSA) is 102 Å². The zero-order valence-corrected chi connectivity index (χ0v) is 20.2. The standard InChI is InChI=1S/C26H36N6O2/c1-4-9-19(2)25-29-20(3)24(34)26(31-25)28-18-22(21-10-6-5-7-11-21)30-23(33)12-8-15-32-16-13-27-14-17-32/h4-7,9-11,22,27,34H,1,8,12-18H2,2-3H3,(H,30,33)(H,28,29,31)/b19-9+. The number of carbonyl (C=O) groups excluding carboxylic acids is 1. The van der Waals surface area contributed by atoms with E-state index in [0.29, 0.717) is 30.3 Å². The largest absolute Gasteiger partial charge is 0.503 e. The first-order valence-corrected chi connectivity index (χ1v) is 11.9. The molecule has 1 aliphatic rings. The molecule has 2 heterocycles. The second kappa shape index (κ2) is 12.9. The second-order valence-corrected chi connectivity index (χ2v) is 8.52. The molecule has 0 saturated carbocycles. The summed E-state index contributed by atoms with van der Waals surface area (Å²) in [4.78, 5) is 24.0. The smallest absolute Gasteiger partial charge is 0.220 e. The Morgan fingerprint density at radius 3 is 2.71 bits per heavy atom. The van der Waals surface area contributed by atoms with E-state index in [9.17, 15) is 9.90 Å². The van der Waals surface area contributed by atoms with E-state index < -0.39 is 0 Å². The molecule has 0 spiro atoms. The molecule has 1 unspecified atom stereocenters. The number of rotatable bonds is 11. The van der Waals surface area contributed by atoms with Crippen LogP contribution in [0.3, 0.4) is 0 Å². The Hall–Kier alpha value is -3.23. The maximum atomic E-state index is 12.8. The van der Waals surface area contributed by atoms with Crippen LogP contribution in [0, 0.1) is 6.92 Å². The van der Waals surface area contributed by atoms with Crippen molar-refractivity contribution in [2.24, 2.45) is 0 Å². The highest BCUT2D eigenvalue weighted by atomic mass is 16.3. The van der Waals surface area contributed by atoms with Gasteiger partial charge in [-0.05, 0) is 37.9 Å². The van der Waals surface area contributed by atoms with Crippen molar-refractivity contribution in [2.45, 2.75) is 32.7 Å². The number of anilines is 1. The zero-order chi connectivity index (χ0) is 24.3. The molecule has 34 heavy (non-hydrogen) atoms. The molecule has 1 atom stereocenters. The van der Waals surface area contributed by atoms with E-state index in [2.05, 4.69) is 37.4 Å². The van der Waals surface area contributed by atoms with Gasteiger partial charge in [-0.1, -0.05) is 49.1 Å². The fourth-order valence-corrected chi connectivity index (χ4v) is 3.92. The van der Waals surface area contributed by atoms with Gasteiger partial charge in [0.2, 0.25) is 5.91 Å². The van der Waals surface area contributed by atoms with Crippen LogP contribution in [-0.2, 0) is 4.79 Å². The number of amides is 1. The molecule has 1 saturated heterocycles. The summed E-state index contributed by atoms with van der Waals surface area (Å²) >= 11 is 0. The Bertz CT molecular complexity index is 986. The van der Waals surface area contributed by atoms with E-state index in [1.165, 1.54) is 0 Å². The SMILES string of the molecule is C=C/C=C(\C)c1nc(C)c(O)c(NCC(NC(=O)CCCN2CCNCC2)c2ccccc2)n1. The van der Waals surface area contributed by atoms with E-state index in [1.54, 1.807) is 13.0 Å². The van der Waals surface area contributed by atoms with Gasteiger partial charge >= 0.3 is 0 Å². The molecule has 4 N–H and O–H groups in total. The summed E-state index contributed by atoms with van der Waals surface area (Å²) in [5, 5.41) is 20.2. The Labute approximate surface area is 202 Å². The van der Waals surface area contributed by atoms with Crippen LogP contribution in [0.2, 0.25) is 0 Å². The molecule has 1 aliphatic heterocycles. The molecule has 1 amide bonds. The lowest BCUT2D eigenvalue weighted by atomic mass is 10.1. The monoisotopic (exact) mass is 464 g/mol. The number of allylic oxidation sites excluding steroid dienone is 3. The van der Waals surface area contributed by atoms with Crippen LogP contribution in [0.25, 0.3) is 5.57 Å². The van der Waals surface area contributed by atoms with Crippen molar-refractivity contribution < 1.29 is 9.90 Å². The molecule has 3 rings (SSSR count). The zero-order valence-electron chi connectivity index (χ0n) is 20.2. The molecule has 1 aromatic carbocycles. The Morgan fingerprint density at radius 2 is 2.00 bits per heavy atom. The van der Waals surface area contributed by atoms with Gasteiger partial charge < -0.3 is 26.0 Å². The average Bonchev–Trinajstić information content (AvgIpc) is 2.85. The first-order valence-electron chi connectivity index (χ1n) is 11.9. The van der Waals surface area contributed by atoms with Gasteiger partial charge in [0.25, 0.3) is 0 Å². The normalized spacial score (nSPS) is 15.5. The summed E-state index contributed by atoms with van der Waals surface area (Å²) in [6.45, 7) is 12.7.